The van der Waals surface area contributed by atoms with E-state index in [-0.39, 0.29) is 16.9 Å². The molecule has 1 atom stereocenters. The van der Waals surface area contributed by atoms with E-state index in [0.717, 1.165) is 0 Å². The van der Waals surface area contributed by atoms with Gasteiger partial charge in [0, 0.05) is 5.56 Å². The predicted octanol–water partition coefficient (Wildman–Crippen LogP) is 3.83. The Labute approximate surface area is 142 Å². The Hall–Kier alpha value is -2.59. The topological polar surface area (TPSA) is 66.8 Å². The van der Waals surface area contributed by atoms with Crippen LogP contribution in [-0.4, -0.2) is 22.3 Å². The van der Waals surface area contributed by atoms with Crippen molar-refractivity contribution >= 4 is 5.78 Å². The first-order valence-electron chi connectivity index (χ1n) is 7.72. The van der Waals surface area contributed by atoms with Crippen molar-refractivity contribution in [1.29, 1.82) is 0 Å². The van der Waals surface area contributed by atoms with Crippen LogP contribution in [0.3, 0.4) is 0 Å². The largest absolute Gasteiger partial charge is 0.508 e. The van der Waals surface area contributed by atoms with E-state index in [9.17, 15) is 15.0 Å². The molecule has 0 fully saturated rings. The van der Waals surface area contributed by atoms with Gasteiger partial charge in [0.05, 0.1) is 0 Å². The SMILES string of the molecule is CC(C)(C)c1ccc(OC(O)C=CC(=O)c2ccc(O)cc2)cc1. The normalized spacial score (nSPS) is 13.0. The fourth-order valence-corrected chi connectivity index (χ4v) is 2.10. The number of ether oxygens (including phenoxy) is 1. The van der Waals surface area contributed by atoms with E-state index in [1.165, 1.54) is 42.0 Å². The maximum Gasteiger partial charge on any atom is 0.217 e. The molecule has 24 heavy (non-hydrogen) atoms. The highest BCUT2D eigenvalue weighted by Crippen LogP contribution is 2.24. The van der Waals surface area contributed by atoms with Crippen molar-refractivity contribution in [2.75, 3.05) is 0 Å². The molecule has 0 spiro atoms. The van der Waals surface area contributed by atoms with Gasteiger partial charge in [0.25, 0.3) is 0 Å². The Kier molecular flexibility index (Phi) is 5.42. The smallest absolute Gasteiger partial charge is 0.217 e. The number of carbonyl (C=O) groups excluding carboxylic acids is 1. The summed E-state index contributed by atoms with van der Waals surface area (Å²) in [5, 5.41) is 19.1. The first kappa shape index (κ1) is 17.8. The molecule has 0 aliphatic carbocycles. The monoisotopic (exact) mass is 326 g/mol. The highest BCUT2D eigenvalue weighted by molar-refractivity contribution is 6.04. The third-order valence-electron chi connectivity index (χ3n) is 3.54. The van der Waals surface area contributed by atoms with Gasteiger partial charge in [0.15, 0.2) is 5.78 Å². The number of allylic oxidation sites excluding steroid dienone is 1. The summed E-state index contributed by atoms with van der Waals surface area (Å²) < 4.78 is 5.36. The van der Waals surface area contributed by atoms with Gasteiger partial charge in [-0.25, -0.2) is 0 Å². The van der Waals surface area contributed by atoms with E-state index in [1.54, 1.807) is 12.1 Å². The van der Waals surface area contributed by atoms with Gasteiger partial charge in [-0.2, -0.15) is 0 Å². The average Bonchev–Trinajstić information content (AvgIpc) is 2.53. The summed E-state index contributed by atoms with van der Waals surface area (Å²) in [6.45, 7) is 6.36. The number of aromatic hydroxyl groups is 1. The molecular formula is C20H22O4. The van der Waals surface area contributed by atoms with E-state index in [1.807, 2.05) is 12.1 Å². The molecule has 0 heterocycles. The number of aliphatic hydroxyl groups excluding tert-OH is 1. The lowest BCUT2D eigenvalue weighted by atomic mass is 9.87. The number of hydrogen-bond donors (Lipinski definition) is 2. The summed E-state index contributed by atoms with van der Waals surface area (Å²) in [4.78, 5) is 11.9. The third kappa shape index (κ3) is 4.96. The van der Waals surface area contributed by atoms with Gasteiger partial charge >= 0.3 is 0 Å². The predicted molar refractivity (Wildman–Crippen MR) is 93.4 cm³/mol. The Balaban J connectivity index is 1.96. The van der Waals surface area contributed by atoms with Crippen molar-refractivity contribution in [3.63, 3.8) is 0 Å². The van der Waals surface area contributed by atoms with Crippen LogP contribution in [0.5, 0.6) is 11.5 Å². The number of benzene rings is 2. The molecule has 0 amide bonds. The second-order valence-electron chi connectivity index (χ2n) is 6.55. The molecule has 0 aromatic heterocycles. The molecule has 0 aliphatic heterocycles. The van der Waals surface area contributed by atoms with Gasteiger partial charge in [0.1, 0.15) is 11.5 Å². The quantitative estimate of drug-likeness (QED) is 0.498. The fourth-order valence-electron chi connectivity index (χ4n) is 2.10. The Morgan fingerprint density at radius 1 is 1.04 bits per heavy atom. The number of aliphatic hydroxyl groups is 1. The zero-order valence-electron chi connectivity index (χ0n) is 14.1. The molecule has 0 bridgehead atoms. The minimum absolute atomic E-state index is 0.0492. The Morgan fingerprint density at radius 3 is 2.17 bits per heavy atom. The van der Waals surface area contributed by atoms with Crippen molar-refractivity contribution in [2.45, 2.75) is 32.5 Å². The Morgan fingerprint density at radius 2 is 1.62 bits per heavy atom. The van der Waals surface area contributed by atoms with Crippen LogP contribution in [-0.2, 0) is 5.41 Å². The van der Waals surface area contributed by atoms with Gasteiger partial charge in [0.2, 0.25) is 6.29 Å². The third-order valence-corrected chi connectivity index (χ3v) is 3.54. The van der Waals surface area contributed by atoms with E-state index >= 15 is 0 Å². The van der Waals surface area contributed by atoms with Crippen LogP contribution in [0.4, 0.5) is 0 Å². The number of phenols is 1. The molecule has 126 valence electrons. The minimum atomic E-state index is -1.22. The van der Waals surface area contributed by atoms with Gasteiger partial charge in [-0.15, -0.1) is 0 Å². The van der Waals surface area contributed by atoms with Gasteiger partial charge < -0.3 is 14.9 Å². The van der Waals surface area contributed by atoms with Crippen LogP contribution < -0.4 is 4.74 Å². The number of carbonyl (C=O) groups is 1. The molecule has 4 heteroatoms. The van der Waals surface area contributed by atoms with Crippen LogP contribution >= 0.6 is 0 Å². The summed E-state index contributed by atoms with van der Waals surface area (Å²) in [7, 11) is 0. The average molecular weight is 326 g/mol. The Bertz CT molecular complexity index is 707. The first-order valence-corrected chi connectivity index (χ1v) is 7.72. The zero-order chi connectivity index (χ0) is 17.7. The minimum Gasteiger partial charge on any atom is -0.508 e. The summed E-state index contributed by atoms with van der Waals surface area (Å²) in [5.74, 6) is 0.343. The van der Waals surface area contributed by atoms with Crippen molar-refractivity contribution in [3.8, 4) is 11.5 Å². The number of ketones is 1. The van der Waals surface area contributed by atoms with Crippen molar-refractivity contribution < 1.29 is 19.7 Å². The molecule has 4 nitrogen and oxygen atoms in total. The van der Waals surface area contributed by atoms with Crippen LogP contribution in [0.15, 0.2) is 60.7 Å². The maximum atomic E-state index is 11.9. The van der Waals surface area contributed by atoms with Crippen LogP contribution in [0, 0.1) is 0 Å². The van der Waals surface area contributed by atoms with Gasteiger partial charge in [-0.1, -0.05) is 32.9 Å². The highest BCUT2D eigenvalue weighted by atomic mass is 16.6. The summed E-state index contributed by atoms with van der Waals surface area (Å²) in [6, 6.07) is 13.4. The number of rotatable bonds is 5. The highest BCUT2D eigenvalue weighted by Gasteiger charge is 2.13. The summed E-state index contributed by atoms with van der Waals surface area (Å²) in [5.41, 5.74) is 1.64. The summed E-state index contributed by atoms with van der Waals surface area (Å²) >= 11 is 0. The lowest BCUT2D eigenvalue weighted by Gasteiger charge is -2.19. The van der Waals surface area contributed by atoms with Crippen molar-refractivity contribution in [3.05, 3.63) is 71.8 Å². The molecule has 0 saturated carbocycles. The molecule has 2 aromatic carbocycles. The second kappa shape index (κ2) is 7.32. The summed E-state index contributed by atoms with van der Waals surface area (Å²) in [6.07, 6.45) is 1.32. The van der Waals surface area contributed by atoms with E-state index < -0.39 is 6.29 Å². The molecular weight excluding hydrogens is 304 g/mol. The van der Waals surface area contributed by atoms with Crippen molar-refractivity contribution in [2.24, 2.45) is 0 Å². The van der Waals surface area contributed by atoms with Crippen LogP contribution in [0.1, 0.15) is 36.7 Å². The molecule has 2 N–H and O–H groups in total. The molecule has 0 aliphatic rings. The van der Waals surface area contributed by atoms with Gasteiger partial charge in [-0.3, -0.25) is 4.79 Å². The van der Waals surface area contributed by atoms with E-state index in [0.29, 0.717) is 11.3 Å². The number of hydrogen-bond acceptors (Lipinski definition) is 4. The maximum absolute atomic E-state index is 11.9. The van der Waals surface area contributed by atoms with Gasteiger partial charge in [-0.05, 0) is 59.5 Å². The molecule has 2 aromatic rings. The van der Waals surface area contributed by atoms with Crippen LogP contribution in [0.25, 0.3) is 0 Å². The van der Waals surface area contributed by atoms with Crippen molar-refractivity contribution in [1.82, 2.24) is 0 Å². The fraction of sp³-hybridized carbons (Fsp3) is 0.250. The standard InChI is InChI=1S/C20H22O4/c1-20(2,3)15-6-10-17(11-7-15)24-19(23)13-12-18(22)14-4-8-16(21)9-5-14/h4-13,19,21,23H,1-3H3. The lowest BCUT2D eigenvalue weighted by Crippen LogP contribution is -2.14. The van der Waals surface area contributed by atoms with E-state index in [4.69, 9.17) is 4.74 Å². The number of phenolic OH excluding ortho intramolecular Hbond substituents is 1. The molecule has 1 unspecified atom stereocenters. The zero-order valence-corrected chi connectivity index (χ0v) is 14.1. The molecule has 0 radical (unpaired) electrons. The first-order chi connectivity index (χ1) is 11.3. The molecule has 2 rings (SSSR count). The lowest BCUT2D eigenvalue weighted by molar-refractivity contribution is 0.0245. The van der Waals surface area contributed by atoms with E-state index in [2.05, 4.69) is 20.8 Å². The second-order valence-corrected chi connectivity index (χ2v) is 6.55. The van der Waals surface area contributed by atoms with Crippen LogP contribution in [0.2, 0.25) is 0 Å². The molecule has 0 saturated heterocycles.